The van der Waals surface area contributed by atoms with Crippen LogP contribution in [0.4, 0.5) is 34.1 Å². The molecule has 0 N–H and O–H groups in total. The molecule has 5 nitrogen and oxygen atoms in total. The van der Waals surface area contributed by atoms with E-state index in [1.165, 1.54) is 10.8 Å². The summed E-state index contributed by atoms with van der Waals surface area (Å²) in [5.41, 5.74) is 17.7. The zero-order valence-electron chi connectivity index (χ0n) is 38.2. The second-order valence-corrected chi connectivity index (χ2v) is 17.7. The van der Waals surface area contributed by atoms with E-state index >= 15 is 0 Å². The molecule has 13 aromatic rings. The summed E-state index contributed by atoms with van der Waals surface area (Å²) < 4.78 is 4.97. The highest BCUT2D eigenvalue weighted by molar-refractivity contribution is 6.21. The van der Waals surface area contributed by atoms with Crippen LogP contribution in [-0.4, -0.2) is 14.1 Å². The van der Waals surface area contributed by atoms with Crippen molar-refractivity contribution in [1.82, 2.24) is 14.1 Å². The van der Waals surface area contributed by atoms with Gasteiger partial charge >= 0.3 is 0 Å². The fraction of sp³-hybridized carbons (Fsp3) is 0. The molecule has 0 amide bonds. The molecule has 3 heterocycles. The third kappa shape index (κ3) is 7.16. The Hall–Kier alpha value is -9.45. The van der Waals surface area contributed by atoms with Gasteiger partial charge in [-0.15, -0.1) is 0 Å². The van der Waals surface area contributed by atoms with Crippen molar-refractivity contribution in [3.8, 4) is 33.6 Å². The first-order chi connectivity index (χ1) is 34.7. The lowest BCUT2D eigenvalue weighted by Crippen LogP contribution is -2.09. The minimum atomic E-state index is 1.07. The Bertz CT molecular complexity index is 3900. The second-order valence-electron chi connectivity index (χ2n) is 17.7. The van der Waals surface area contributed by atoms with Gasteiger partial charge in [-0.25, -0.2) is 0 Å². The van der Waals surface area contributed by atoms with Gasteiger partial charge in [-0.2, -0.15) is 0 Å². The Morgan fingerprint density at radius 3 is 1.36 bits per heavy atom. The number of aromatic nitrogens is 3. The van der Waals surface area contributed by atoms with E-state index in [1.54, 1.807) is 0 Å². The highest BCUT2D eigenvalue weighted by Gasteiger charge is 2.25. The first kappa shape index (κ1) is 40.8. The third-order valence-electron chi connectivity index (χ3n) is 13.5. The summed E-state index contributed by atoms with van der Waals surface area (Å²) >= 11 is 0. The molecule has 0 aliphatic carbocycles. The van der Waals surface area contributed by atoms with E-state index in [0.29, 0.717) is 0 Å². The van der Waals surface area contributed by atoms with Gasteiger partial charge in [0.25, 0.3) is 0 Å². The van der Waals surface area contributed by atoms with Crippen LogP contribution in [0, 0.1) is 0 Å². The average molecular weight is 896 g/mol. The van der Waals surface area contributed by atoms with Crippen molar-refractivity contribution in [2.45, 2.75) is 0 Å². The number of nitrogens with zero attached hydrogens (tertiary/aromatic N) is 5. The lowest BCUT2D eigenvalue weighted by Gasteiger charge is -2.25. The molecule has 70 heavy (non-hydrogen) atoms. The quantitative estimate of drug-likeness (QED) is 0.137. The predicted octanol–water partition coefficient (Wildman–Crippen LogP) is 17.5. The Kier molecular flexibility index (Phi) is 10.1. The van der Waals surface area contributed by atoms with Crippen molar-refractivity contribution in [1.29, 1.82) is 0 Å². The number of anilines is 6. The number of fused-ring (bicyclic) bond motifs is 6. The van der Waals surface area contributed by atoms with Crippen LogP contribution in [0.3, 0.4) is 0 Å². The van der Waals surface area contributed by atoms with Crippen LogP contribution in [0.15, 0.2) is 273 Å². The van der Waals surface area contributed by atoms with Gasteiger partial charge in [0.15, 0.2) is 0 Å². The van der Waals surface area contributed by atoms with Crippen LogP contribution < -0.4 is 9.80 Å². The van der Waals surface area contributed by atoms with E-state index in [0.717, 1.165) is 101 Å². The maximum Gasteiger partial charge on any atom is 0.0804 e. The minimum absolute atomic E-state index is 1.07. The molecular weight excluding hydrogens is 851 g/mol. The van der Waals surface area contributed by atoms with Crippen LogP contribution in [0.25, 0.3) is 77.2 Å². The molecule has 0 fully saturated rings. The number of pyridine rings is 1. The molecule has 5 heteroatoms. The van der Waals surface area contributed by atoms with Crippen LogP contribution in [-0.2, 0) is 0 Å². The van der Waals surface area contributed by atoms with E-state index in [4.69, 9.17) is 0 Å². The molecule has 0 saturated heterocycles. The summed E-state index contributed by atoms with van der Waals surface area (Å²) in [7, 11) is 0. The van der Waals surface area contributed by atoms with Crippen LogP contribution >= 0.6 is 0 Å². The molecule has 0 atom stereocenters. The summed E-state index contributed by atoms with van der Waals surface area (Å²) in [5, 5.41) is 4.71. The minimum Gasteiger partial charge on any atom is -0.311 e. The van der Waals surface area contributed by atoms with Crippen molar-refractivity contribution in [3.05, 3.63) is 273 Å². The molecule has 0 aliphatic heterocycles. The summed E-state index contributed by atoms with van der Waals surface area (Å²) in [6, 6.07) is 94.0. The lowest BCUT2D eigenvalue weighted by atomic mass is 10.0. The number of rotatable bonds is 10. The summed E-state index contributed by atoms with van der Waals surface area (Å²) in [6.07, 6.45) is 3.77. The Balaban J connectivity index is 1.08. The van der Waals surface area contributed by atoms with Crippen molar-refractivity contribution >= 4 is 77.7 Å². The van der Waals surface area contributed by atoms with Crippen molar-refractivity contribution < 1.29 is 0 Å². The van der Waals surface area contributed by atoms with Gasteiger partial charge in [0.2, 0.25) is 0 Å². The zero-order chi connectivity index (χ0) is 46.4. The summed E-state index contributed by atoms with van der Waals surface area (Å²) in [6.45, 7) is 0. The van der Waals surface area contributed by atoms with E-state index < -0.39 is 0 Å². The van der Waals surface area contributed by atoms with Crippen molar-refractivity contribution in [2.24, 2.45) is 0 Å². The molecule has 0 unspecified atom stereocenters. The van der Waals surface area contributed by atoms with Crippen molar-refractivity contribution in [2.75, 3.05) is 9.80 Å². The van der Waals surface area contributed by atoms with E-state index in [-0.39, 0.29) is 0 Å². The fourth-order valence-corrected chi connectivity index (χ4v) is 10.3. The third-order valence-corrected chi connectivity index (χ3v) is 13.5. The maximum absolute atomic E-state index is 4.50. The smallest absolute Gasteiger partial charge is 0.0804 e. The van der Waals surface area contributed by atoms with Gasteiger partial charge in [0, 0.05) is 74.2 Å². The topological polar surface area (TPSA) is 29.2 Å². The normalized spacial score (nSPS) is 11.4. The molecule has 330 valence electrons. The largest absolute Gasteiger partial charge is 0.311 e. The van der Waals surface area contributed by atoms with Gasteiger partial charge < -0.3 is 18.9 Å². The average Bonchev–Trinajstić information content (AvgIpc) is 3.94. The maximum atomic E-state index is 4.50. The van der Waals surface area contributed by atoms with Gasteiger partial charge in [-0.1, -0.05) is 140 Å². The number of benzene rings is 10. The van der Waals surface area contributed by atoms with Gasteiger partial charge in [0.05, 0.1) is 22.1 Å². The molecule has 10 aromatic carbocycles. The molecule has 13 rings (SSSR count). The number of hydrogen-bond acceptors (Lipinski definition) is 3. The van der Waals surface area contributed by atoms with Gasteiger partial charge in [-0.3, -0.25) is 4.98 Å². The highest BCUT2D eigenvalue weighted by Crippen LogP contribution is 2.46. The van der Waals surface area contributed by atoms with Crippen LogP contribution in [0.5, 0.6) is 0 Å². The molecule has 0 aliphatic rings. The van der Waals surface area contributed by atoms with Gasteiger partial charge in [0.1, 0.15) is 0 Å². The Labute approximate surface area is 406 Å². The molecule has 0 saturated carbocycles. The summed E-state index contributed by atoms with van der Waals surface area (Å²) in [5.74, 6) is 0. The van der Waals surface area contributed by atoms with E-state index in [1.807, 2.05) is 18.5 Å². The monoisotopic (exact) mass is 895 g/mol. The Morgan fingerprint density at radius 1 is 0.286 bits per heavy atom. The lowest BCUT2D eigenvalue weighted by molar-refractivity contribution is 1.18. The molecule has 0 radical (unpaired) electrons. The second kappa shape index (κ2) is 17.3. The molecule has 3 aromatic heterocycles. The fourth-order valence-electron chi connectivity index (χ4n) is 10.3. The summed E-state index contributed by atoms with van der Waals surface area (Å²) in [4.78, 5) is 9.16. The SMILES string of the molecule is c1ccc(N(c2ccccc2)c2ccc(-c3ccc4c(c3)c3c(c5cc(N(c6ccccc6)c6ccccc6)ccc5n3-c3cccc(-c5cccnc5)c3)n4-c3ccc4ccccc4c3)cc2)cc1. The van der Waals surface area contributed by atoms with Gasteiger partial charge in [-0.05, 0) is 149 Å². The van der Waals surface area contributed by atoms with E-state index in [2.05, 4.69) is 279 Å². The van der Waals surface area contributed by atoms with Crippen LogP contribution in [0.1, 0.15) is 0 Å². The van der Waals surface area contributed by atoms with Crippen LogP contribution in [0.2, 0.25) is 0 Å². The number of hydrogen-bond donors (Lipinski definition) is 0. The first-order valence-electron chi connectivity index (χ1n) is 23.8. The molecule has 0 bridgehead atoms. The van der Waals surface area contributed by atoms with Crippen molar-refractivity contribution in [3.63, 3.8) is 0 Å². The molecular formula is C65H45N5. The van der Waals surface area contributed by atoms with E-state index in [9.17, 15) is 0 Å². The standard InChI is InChI=1S/C65H45N5/c1-5-21-52(22-6-1)67(53-23-7-2-8-24-53)56-34-30-47(31-35-56)50-33-38-62-60(43-50)64-65(70(62)58-36-32-46-17-13-14-18-48(46)41-58)61-44-59(68(54-25-9-3-10-26-54)55-27-11-4-12-28-55)37-39-63(61)69(64)57-29-15-19-49(42-57)51-20-16-40-66-45-51/h1-45H. The predicted molar refractivity (Wildman–Crippen MR) is 293 cm³/mol. The Morgan fingerprint density at radius 2 is 0.757 bits per heavy atom. The number of para-hydroxylation sites is 4. The first-order valence-corrected chi connectivity index (χ1v) is 23.8. The molecule has 0 spiro atoms. The zero-order valence-corrected chi connectivity index (χ0v) is 38.2. The highest BCUT2D eigenvalue weighted by atomic mass is 15.1.